The Balaban J connectivity index is 4.34. The van der Waals surface area contributed by atoms with E-state index in [1.165, 1.54) is 0 Å². The predicted molar refractivity (Wildman–Crippen MR) is 47.8 cm³/mol. The van der Waals surface area contributed by atoms with E-state index >= 15 is 0 Å². The van der Waals surface area contributed by atoms with Crippen LogP contribution >= 0.6 is 0 Å². The third kappa shape index (κ3) is 5.36. The normalized spacial score (nSPS) is 9.58. The molecule has 0 aromatic carbocycles. The van der Waals surface area contributed by atoms with E-state index in [-0.39, 0.29) is 0 Å². The van der Waals surface area contributed by atoms with Crippen molar-refractivity contribution < 1.29 is 9.90 Å². The van der Waals surface area contributed by atoms with Crippen LogP contribution in [0, 0.1) is 11.8 Å². The summed E-state index contributed by atoms with van der Waals surface area (Å²) in [5.41, 5.74) is 0.000360. The summed E-state index contributed by atoms with van der Waals surface area (Å²) < 4.78 is 0. The highest BCUT2D eigenvalue weighted by molar-refractivity contribution is 5.66. The first kappa shape index (κ1) is 10.6. The molecule has 0 radical (unpaired) electrons. The maximum Gasteiger partial charge on any atom is 0.405 e. The van der Waals surface area contributed by atoms with Gasteiger partial charge in [0.2, 0.25) is 0 Å². The van der Waals surface area contributed by atoms with Gasteiger partial charge in [0.1, 0.15) is 0 Å². The molecule has 66 valence electrons. The molecule has 0 aromatic heterocycles. The van der Waals surface area contributed by atoms with Gasteiger partial charge in [0.05, 0.1) is 5.54 Å². The summed E-state index contributed by atoms with van der Waals surface area (Å²) in [6.45, 7) is 8.74. The Morgan fingerprint density at radius 2 is 2.08 bits per heavy atom. The smallest absolute Gasteiger partial charge is 0.405 e. The Kier molecular flexibility index (Phi) is 3.36. The molecular formula is C9H13NO2. The fourth-order valence-electron chi connectivity index (χ4n) is 0.562. The van der Waals surface area contributed by atoms with Crippen LogP contribution in [0.2, 0.25) is 0 Å². The number of carbonyl (C=O) groups is 1. The van der Waals surface area contributed by atoms with Crippen LogP contribution in [0.25, 0.3) is 0 Å². The van der Waals surface area contributed by atoms with Crippen LogP contribution in [-0.2, 0) is 0 Å². The molecule has 0 rings (SSSR count). The Morgan fingerprint density at radius 1 is 1.58 bits per heavy atom. The van der Waals surface area contributed by atoms with E-state index in [9.17, 15) is 4.79 Å². The Labute approximate surface area is 72.5 Å². The van der Waals surface area contributed by atoms with Crippen molar-refractivity contribution in [3.05, 3.63) is 12.2 Å². The molecule has 0 aliphatic carbocycles. The van der Waals surface area contributed by atoms with Crippen LogP contribution in [0.15, 0.2) is 12.2 Å². The molecule has 0 unspecified atom stereocenters. The monoisotopic (exact) mass is 167 g/mol. The van der Waals surface area contributed by atoms with E-state index in [1.807, 2.05) is 0 Å². The highest BCUT2D eigenvalue weighted by Gasteiger charge is 2.15. The van der Waals surface area contributed by atoms with E-state index < -0.39 is 11.6 Å². The van der Waals surface area contributed by atoms with Crippen molar-refractivity contribution in [3.8, 4) is 11.8 Å². The van der Waals surface area contributed by atoms with E-state index in [2.05, 4.69) is 23.7 Å². The van der Waals surface area contributed by atoms with Crippen LogP contribution in [0.4, 0.5) is 4.79 Å². The topological polar surface area (TPSA) is 49.3 Å². The predicted octanol–water partition coefficient (Wildman–Crippen LogP) is 1.61. The molecule has 0 aliphatic heterocycles. The minimum absolute atomic E-state index is 0.717. The van der Waals surface area contributed by atoms with Crippen LogP contribution in [0.3, 0.4) is 0 Å². The number of hydrogen-bond donors (Lipinski definition) is 2. The van der Waals surface area contributed by atoms with E-state index in [4.69, 9.17) is 5.11 Å². The van der Waals surface area contributed by atoms with Gasteiger partial charge >= 0.3 is 6.09 Å². The zero-order valence-electron chi connectivity index (χ0n) is 7.56. The maximum absolute atomic E-state index is 10.3. The highest BCUT2D eigenvalue weighted by atomic mass is 16.4. The van der Waals surface area contributed by atoms with Crippen molar-refractivity contribution in [1.82, 2.24) is 5.32 Å². The van der Waals surface area contributed by atoms with Gasteiger partial charge < -0.3 is 10.4 Å². The Bertz CT molecular complexity index is 255. The minimum Gasteiger partial charge on any atom is -0.465 e. The number of hydrogen-bond acceptors (Lipinski definition) is 1. The third-order valence-electron chi connectivity index (χ3n) is 1.01. The summed E-state index contributed by atoms with van der Waals surface area (Å²) in [5.74, 6) is 5.47. The molecule has 0 aromatic rings. The fourth-order valence-corrected chi connectivity index (χ4v) is 0.562. The van der Waals surface area contributed by atoms with Crippen LogP contribution in [0.1, 0.15) is 20.8 Å². The highest BCUT2D eigenvalue weighted by Crippen LogP contribution is 1.99. The van der Waals surface area contributed by atoms with Crippen LogP contribution < -0.4 is 5.32 Å². The molecule has 1 amide bonds. The van der Waals surface area contributed by atoms with Gasteiger partial charge in [-0.3, -0.25) is 0 Å². The standard InChI is InChI=1S/C9H13NO2/c1-7(2)5-6-9(3,4)10-8(11)12/h10H,1H2,2-4H3,(H,11,12). The lowest BCUT2D eigenvalue weighted by atomic mass is 10.1. The van der Waals surface area contributed by atoms with Gasteiger partial charge in [-0.1, -0.05) is 18.4 Å². The molecule has 2 N–H and O–H groups in total. The van der Waals surface area contributed by atoms with Crippen molar-refractivity contribution in [2.24, 2.45) is 0 Å². The van der Waals surface area contributed by atoms with Gasteiger partial charge in [-0.05, 0) is 26.3 Å². The summed E-state index contributed by atoms with van der Waals surface area (Å²) >= 11 is 0. The first-order chi connectivity index (χ1) is 5.33. The average Bonchev–Trinajstić information content (AvgIpc) is 1.81. The lowest BCUT2D eigenvalue weighted by Gasteiger charge is -2.16. The summed E-state index contributed by atoms with van der Waals surface area (Å²) in [5, 5.41) is 10.7. The fraction of sp³-hybridized carbons (Fsp3) is 0.444. The molecule has 0 fully saturated rings. The van der Waals surface area contributed by atoms with Crippen molar-refractivity contribution in [2.75, 3.05) is 0 Å². The van der Waals surface area contributed by atoms with Gasteiger partial charge in [-0.2, -0.15) is 0 Å². The van der Waals surface area contributed by atoms with Crippen molar-refractivity contribution in [3.63, 3.8) is 0 Å². The molecule has 0 aliphatic rings. The number of nitrogens with one attached hydrogen (secondary N) is 1. The largest absolute Gasteiger partial charge is 0.465 e. The van der Waals surface area contributed by atoms with Crippen molar-refractivity contribution >= 4 is 6.09 Å². The number of allylic oxidation sites excluding steroid dienone is 1. The zero-order valence-corrected chi connectivity index (χ0v) is 7.56. The molecule has 0 bridgehead atoms. The van der Waals surface area contributed by atoms with E-state index in [0.717, 1.165) is 5.57 Å². The van der Waals surface area contributed by atoms with Crippen molar-refractivity contribution in [2.45, 2.75) is 26.3 Å². The van der Waals surface area contributed by atoms with Gasteiger partial charge in [-0.25, -0.2) is 4.79 Å². The molecule has 3 nitrogen and oxygen atoms in total. The molecule has 0 spiro atoms. The van der Waals surface area contributed by atoms with Gasteiger partial charge in [0.15, 0.2) is 0 Å². The first-order valence-corrected chi connectivity index (χ1v) is 3.53. The second-order valence-electron chi connectivity index (χ2n) is 3.09. The lowest BCUT2D eigenvalue weighted by Crippen LogP contribution is -2.41. The van der Waals surface area contributed by atoms with Gasteiger partial charge in [-0.15, -0.1) is 0 Å². The second kappa shape index (κ2) is 3.82. The molecule has 12 heavy (non-hydrogen) atoms. The zero-order chi connectivity index (χ0) is 9.78. The SMILES string of the molecule is C=C(C)C#CC(C)(C)NC(=O)O. The molecule has 0 heterocycles. The molecule has 3 heteroatoms. The van der Waals surface area contributed by atoms with E-state index in [1.54, 1.807) is 20.8 Å². The molecule has 0 saturated heterocycles. The average molecular weight is 167 g/mol. The first-order valence-electron chi connectivity index (χ1n) is 3.53. The number of rotatable bonds is 1. The second-order valence-corrected chi connectivity index (χ2v) is 3.09. The summed E-state index contributed by atoms with van der Waals surface area (Å²) in [6, 6.07) is 0. The van der Waals surface area contributed by atoms with Gasteiger partial charge in [0.25, 0.3) is 0 Å². The van der Waals surface area contributed by atoms with Crippen LogP contribution in [-0.4, -0.2) is 16.7 Å². The summed E-state index contributed by atoms with van der Waals surface area (Å²) in [6.07, 6.45) is -1.07. The maximum atomic E-state index is 10.3. The number of amides is 1. The van der Waals surface area contributed by atoms with Crippen molar-refractivity contribution in [1.29, 1.82) is 0 Å². The quantitative estimate of drug-likeness (QED) is 0.583. The minimum atomic E-state index is -1.07. The lowest BCUT2D eigenvalue weighted by molar-refractivity contribution is 0.188. The summed E-state index contributed by atoms with van der Waals surface area (Å²) in [7, 11) is 0. The third-order valence-corrected chi connectivity index (χ3v) is 1.01. The van der Waals surface area contributed by atoms with Gasteiger partial charge in [0, 0.05) is 0 Å². The number of carboxylic acid groups (broad SMARTS) is 1. The molecular weight excluding hydrogens is 154 g/mol. The van der Waals surface area contributed by atoms with E-state index in [0.29, 0.717) is 0 Å². The Morgan fingerprint density at radius 3 is 2.42 bits per heavy atom. The molecule has 0 saturated carbocycles. The molecule has 0 atom stereocenters. The summed E-state index contributed by atoms with van der Waals surface area (Å²) in [4.78, 5) is 10.3. The van der Waals surface area contributed by atoms with Crippen LogP contribution in [0.5, 0.6) is 0 Å². The Hall–Kier alpha value is -1.43.